The molecule has 0 saturated heterocycles. The van der Waals surface area contributed by atoms with E-state index in [0.717, 1.165) is 23.3 Å². The van der Waals surface area contributed by atoms with E-state index < -0.39 is 35.0 Å². The summed E-state index contributed by atoms with van der Waals surface area (Å²) in [6, 6.07) is 9.85. The Morgan fingerprint density at radius 2 is 1.88 bits per heavy atom. The molecule has 0 saturated carbocycles. The molecule has 1 aliphatic rings. The zero-order valence-corrected chi connectivity index (χ0v) is 18.1. The fraction of sp³-hybridized carbons (Fsp3) is 0.217. The number of hydrogen-bond acceptors (Lipinski definition) is 5. The van der Waals surface area contributed by atoms with Crippen molar-refractivity contribution < 1.29 is 22.8 Å². The molecule has 8 nitrogen and oxygen atoms in total. The summed E-state index contributed by atoms with van der Waals surface area (Å²) in [4.78, 5) is 44.7. The monoisotopic (exact) mass is 471 g/mol. The van der Waals surface area contributed by atoms with Crippen molar-refractivity contribution in [3.8, 4) is 0 Å². The van der Waals surface area contributed by atoms with Crippen LogP contribution in [-0.2, 0) is 15.8 Å². The molecule has 0 spiro atoms. The molecular weight excluding hydrogens is 451 g/mol. The zero-order chi connectivity index (χ0) is 24.6. The number of benzene rings is 2. The molecule has 2 amide bonds. The van der Waals surface area contributed by atoms with E-state index in [4.69, 9.17) is 0 Å². The van der Waals surface area contributed by atoms with Gasteiger partial charge in [-0.25, -0.2) is 0 Å². The number of fused-ring (bicyclic) bond motifs is 1. The van der Waals surface area contributed by atoms with Crippen molar-refractivity contribution in [2.75, 3.05) is 16.0 Å². The number of nitrogens with zero attached hydrogens (tertiary/aromatic N) is 1. The summed E-state index contributed by atoms with van der Waals surface area (Å²) >= 11 is 0. The van der Waals surface area contributed by atoms with Crippen LogP contribution in [0.4, 0.5) is 36.3 Å². The lowest BCUT2D eigenvalue weighted by Crippen LogP contribution is -2.36. The third-order valence-electron chi connectivity index (χ3n) is 5.37. The summed E-state index contributed by atoms with van der Waals surface area (Å²) < 4.78 is 38.9. The average molecular weight is 471 g/mol. The normalized spacial score (nSPS) is 15.3. The summed E-state index contributed by atoms with van der Waals surface area (Å²) in [7, 11) is 0. The third kappa shape index (κ3) is 4.77. The number of carbonyl (C=O) groups excluding carboxylic acids is 2. The van der Waals surface area contributed by atoms with Crippen LogP contribution in [0, 0.1) is 13.8 Å². The maximum absolute atomic E-state index is 13.0. The van der Waals surface area contributed by atoms with Crippen molar-refractivity contribution in [3.05, 3.63) is 75.1 Å². The number of amides is 2. The molecule has 3 aromatic rings. The highest BCUT2D eigenvalue weighted by Crippen LogP contribution is 2.33. The van der Waals surface area contributed by atoms with Gasteiger partial charge in [0, 0.05) is 17.8 Å². The van der Waals surface area contributed by atoms with Crippen LogP contribution >= 0.6 is 0 Å². The molecule has 1 aliphatic heterocycles. The minimum absolute atomic E-state index is 0.0306. The van der Waals surface area contributed by atoms with E-state index in [-0.39, 0.29) is 29.4 Å². The van der Waals surface area contributed by atoms with Gasteiger partial charge in [-0.05, 0) is 49.2 Å². The van der Waals surface area contributed by atoms with E-state index in [0.29, 0.717) is 5.69 Å². The van der Waals surface area contributed by atoms with Gasteiger partial charge in [-0.15, -0.1) is 0 Å². The largest absolute Gasteiger partial charge is 0.416 e. The lowest BCUT2D eigenvalue weighted by molar-refractivity contribution is -0.137. The van der Waals surface area contributed by atoms with E-state index in [9.17, 15) is 27.6 Å². The Bertz CT molecular complexity index is 1350. The van der Waals surface area contributed by atoms with Gasteiger partial charge in [-0.2, -0.15) is 18.2 Å². The number of H-pyrrole nitrogens is 1. The maximum Gasteiger partial charge on any atom is 0.416 e. The second-order valence-corrected chi connectivity index (χ2v) is 7.99. The van der Waals surface area contributed by atoms with Crippen molar-refractivity contribution >= 4 is 35.0 Å². The molecule has 1 aromatic heterocycles. The first-order chi connectivity index (χ1) is 16.0. The predicted molar refractivity (Wildman–Crippen MR) is 120 cm³/mol. The standard InChI is InChI=1S/C23H20F3N5O3/c1-11-6-7-12(2)16(8-11)28-20(33)15-10-17(32)29-19-18(15)21(34)31-22(30-19)27-14-5-3-4-13(9-14)23(24,25)26/h3-9,15H,10H2,1-2H3,(H,28,33)(H3,27,29,30,31,32,34)/t15-/m0/s1. The average Bonchev–Trinajstić information content (AvgIpc) is 2.75. The molecule has 0 aliphatic carbocycles. The van der Waals surface area contributed by atoms with Crippen LogP contribution < -0.4 is 21.5 Å². The first-order valence-corrected chi connectivity index (χ1v) is 10.3. The van der Waals surface area contributed by atoms with E-state index in [2.05, 4.69) is 25.9 Å². The molecule has 0 bridgehead atoms. The van der Waals surface area contributed by atoms with Gasteiger partial charge in [0.2, 0.25) is 17.8 Å². The fourth-order valence-electron chi connectivity index (χ4n) is 3.65. The molecule has 0 fully saturated rings. The van der Waals surface area contributed by atoms with Gasteiger partial charge >= 0.3 is 6.18 Å². The van der Waals surface area contributed by atoms with Gasteiger partial charge in [-0.3, -0.25) is 19.4 Å². The minimum atomic E-state index is -4.54. The van der Waals surface area contributed by atoms with E-state index in [1.165, 1.54) is 12.1 Å². The lowest BCUT2D eigenvalue weighted by Gasteiger charge is -2.24. The van der Waals surface area contributed by atoms with Crippen LogP contribution in [0.25, 0.3) is 0 Å². The molecule has 0 radical (unpaired) electrons. The van der Waals surface area contributed by atoms with Crippen LogP contribution in [0.1, 0.15) is 34.6 Å². The topological polar surface area (TPSA) is 116 Å². The first kappa shape index (κ1) is 23.0. The van der Waals surface area contributed by atoms with Crippen LogP contribution in [0.5, 0.6) is 0 Å². The molecule has 34 heavy (non-hydrogen) atoms. The van der Waals surface area contributed by atoms with Crippen molar-refractivity contribution in [1.82, 2.24) is 9.97 Å². The smallest absolute Gasteiger partial charge is 0.326 e. The Balaban J connectivity index is 1.64. The number of halogens is 3. The van der Waals surface area contributed by atoms with Crippen LogP contribution in [0.15, 0.2) is 47.3 Å². The van der Waals surface area contributed by atoms with Gasteiger partial charge in [0.25, 0.3) is 5.56 Å². The van der Waals surface area contributed by atoms with Crippen molar-refractivity contribution in [1.29, 1.82) is 0 Å². The molecule has 4 rings (SSSR count). The van der Waals surface area contributed by atoms with Crippen molar-refractivity contribution in [2.45, 2.75) is 32.4 Å². The third-order valence-corrected chi connectivity index (χ3v) is 5.37. The maximum atomic E-state index is 13.0. The minimum Gasteiger partial charge on any atom is -0.326 e. The van der Waals surface area contributed by atoms with Crippen LogP contribution in [-0.4, -0.2) is 21.8 Å². The van der Waals surface area contributed by atoms with E-state index in [1.807, 2.05) is 26.0 Å². The number of alkyl halides is 3. The lowest BCUT2D eigenvalue weighted by atomic mass is 9.92. The summed E-state index contributed by atoms with van der Waals surface area (Å²) in [6.07, 6.45) is -4.80. The quantitative estimate of drug-likeness (QED) is 0.455. The predicted octanol–water partition coefficient (Wildman–Crippen LogP) is 4.21. The van der Waals surface area contributed by atoms with Gasteiger partial charge in [-0.1, -0.05) is 18.2 Å². The molecule has 176 valence electrons. The van der Waals surface area contributed by atoms with E-state index >= 15 is 0 Å². The summed E-state index contributed by atoms with van der Waals surface area (Å²) in [5, 5.41) is 7.83. The number of carbonyl (C=O) groups is 2. The number of nitrogens with one attached hydrogen (secondary N) is 4. The highest BCUT2D eigenvalue weighted by molar-refractivity contribution is 6.04. The highest BCUT2D eigenvalue weighted by atomic mass is 19.4. The van der Waals surface area contributed by atoms with Gasteiger partial charge in [0.1, 0.15) is 5.82 Å². The SMILES string of the molecule is Cc1ccc(C)c(NC(=O)[C@H]2CC(=O)Nc3nc(Nc4cccc(C(F)(F)F)c4)[nH]c(=O)c32)c1. The number of aromatic nitrogens is 2. The summed E-state index contributed by atoms with van der Waals surface area (Å²) in [5.74, 6) is -2.47. The molecule has 0 unspecified atom stereocenters. The molecule has 11 heteroatoms. The van der Waals surface area contributed by atoms with Gasteiger partial charge in [0.05, 0.1) is 17.0 Å². The van der Waals surface area contributed by atoms with Crippen molar-refractivity contribution in [3.63, 3.8) is 0 Å². The van der Waals surface area contributed by atoms with Crippen LogP contribution in [0.2, 0.25) is 0 Å². The zero-order valence-electron chi connectivity index (χ0n) is 18.1. The Morgan fingerprint density at radius 3 is 2.62 bits per heavy atom. The number of aryl methyl sites for hydroxylation is 2. The highest BCUT2D eigenvalue weighted by Gasteiger charge is 2.35. The molecule has 1 atom stereocenters. The molecule has 4 N–H and O–H groups in total. The Kier molecular flexibility index (Phi) is 5.86. The molecular formula is C23H20F3N5O3. The Labute approximate surface area is 191 Å². The van der Waals surface area contributed by atoms with Crippen LogP contribution in [0.3, 0.4) is 0 Å². The number of rotatable bonds is 4. The number of anilines is 4. The summed E-state index contributed by atoms with van der Waals surface area (Å²) in [6.45, 7) is 3.68. The Morgan fingerprint density at radius 1 is 1.12 bits per heavy atom. The van der Waals surface area contributed by atoms with Crippen molar-refractivity contribution in [2.24, 2.45) is 0 Å². The number of hydrogen-bond donors (Lipinski definition) is 4. The first-order valence-electron chi connectivity index (χ1n) is 10.3. The molecule has 2 heterocycles. The summed E-state index contributed by atoms with van der Waals surface area (Å²) in [5.41, 5.74) is 0.723. The van der Waals surface area contributed by atoms with Gasteiger partial charge < -0.3 is 16.0 Å². The Hall–Kier alpha value is -4.15. The molecule has 2 aromatic carbocycles. The van der Waals surface area contributed by atoms with E-state index in [1.54, 1.807) is 6.07 Å². The second kappa shape index (κ2) is 8.65. The van der Waals surface area contributed by atoms with Gasteiger partial charge in [0.15, 0.2) is 0 Å². The fourth-order valence-corrected chi connectivity index (χ4v) is 3.65. The number of aromatic amines is 1. The second-order valence-electron chi connectivity index (χ2n) is 7.99.